The lowest BCUT2D eigenvalue weighted by atomic mass is 10.0. The number of nitrogens with zero attached hydrogens (tertiary/aromatic N) is 1. The van der Waals surface area contributed by atoms with E-state index in [-0.39, 0.29) is 6.04 Å². The van der Waals surface area contributed by atoms with E-state index in [2.05, 4.69) is 13.8 Å². The minimum Gasteiger partial charge on any atom is -0.299 e. The van der Waals surface area contributed by atoms with Crippen molar-refractivity contribution in [1.29, 1.82) is 0 Å². The lowest BCUT2D eigenvalue weighted by Gasteiger charge is -2.24. The Balaban J connectivity index is 2.06. The molecular formula is C20H34ClN2. The van der Waals surface area contributed by atoms with Crippen LogP contribution in [0.1, 0.15) is 84.5 Å². The predicted molar refractivity (Wildman–Crippen MR) is 103 cm³/mol. The average molecular weight is 338 g/mol. The summed E-state index contributed by atoms with van der Waals surface area (Å²) < 4.78 is 1.73. The minimum atomic E-state index is 0.275. The molecule has 23 heavy (non-hydrogen) atoms. The molecular weight excluding hydrogens is 304 g/mol. The molecule has 1 N–H and O–H groups in total. The topological polar surface area (TPSA) is 27.0 Å². The number of hydrogen-bond donors (Lipinski definition) is 0. The molecule has 0 spiro atoms. The molecule has 0 amide bonds. The lowest BCUT2D eigenvalue weighted by Crippen LogP contribution is -2.23. The summed E-state index contributed by atoms with van der Waals surface area (Å²) in [5.41, 5.74) is 9.23. The van der Waals surface area contributed by atoms with Crippen molar-refractivity contribution in [2.24, 2.45) is 0 Å². The number of unbranched alkanes of at least 4 members (excludes halogenated alkanes) is 9. The van der Waals surface area contributed by atoms with Crippen LogP contribution in [0, 0.1) is 0 Å². The third kappa shape index (κ3) is 8.50. The third-order valence-electron chi connectivity index (χ3n) is 4.50. The quantitative estimate of drug-likeness (QED) is 0.275. The van der Waals surface area contributed by atoms with Gasteiger partial charge in [0.25, 0.3) is 0 Å². The van der Waals surface area contributed by atoms with Gasteiger partial charge in [-0.15, -0.1) is 0 Å². The Labute approximate surface area is 148 Å². The van der Waals surface area contributed by atoms with Crippen molar-refractivity contribution in [3.63, 3.8) is 0 Å². The lowest BCUT2D eigenvalue weighted by molar-refractivity contribution is 0.534. The molecule has 0 heterocycles. The van der Waals surface area contributed by atoms with Gasteiger partial charge < -0.3 is 0 Å². The van der Waals surface area contributed by atoms with E-state index < -0.39 is 0 Å². The zero-order chi connectivity index (χ0) is 16.9. The molecule has 0 bridgehead atoms. The number of benzene rings is 1. The van der Waals surface area contributed by atoms with E-state index in [4.69, 9.17) is 17.5 Å². The van der Waals surface area contributed by atoms with Crippen molar-refractivity contribution < 1.29 is 0 Å². The van der Waals surface area contributed by atoms with Crippen molar-refractivity contribution in [1.82, 2.24) is 5.73 Å². The molecule has 1 aromatic rings. The van der Waals surface area contributed by atoms with Gasteiger partial charge in [0.2, 0.25) is 0 Å². The average Bonchev–Trinajstić information content (AvgIpc) is 2.56. The molecule has 131 valence electrons. The van der Waals surface area contributed by atoms with Crippen molar-refractivity contribution >= 4 is 23.2 Å². The normalized spacial score (nSPS) is 12.3. The van der Waals surface area contributed by atoms with Crippen molar-refractivity contribution in [2.45, 2.75) is 90.5 Å². The number of hydrogen-bond acceptors (Lipinski definition) is 1. The van der Waals surface area contributed by atoms with E-state index in [1.807, 2.05) is 18.2 Å². The highest BCUT2D eigenvalue weighted by Crippen LogP contribution is 2.28. The van der Waals surface area contributed by atoms with Crippen LogP contribution in [0.4, 0.5) is 11.4 Å². The van der Waals surface area contributed by atoms with Gasteiger partial charge in [0, 0.05) is 17.8 Å². The molecule has 0 aliphatic rings. The van der Waals surface area contributed by atoms with E-state index in [1.54, 1.807) is 10.5 Å². The fourth-order valence-corrected chi connectivity index (χ4v) is 3.18. The molecule has 1 unspecified atom stereocenters. The molecule has 1 rings (SSSR count). The predicted octanol–water partition coefficient (Wildman–Crippen LogP) is 7.26. The summed E-state index contributed by atoms with van der Waals surface area (Å²) in [6.45, 7) is 4.42. The van der Waals surface area contributed by atoms with Crippen molar-refractivity contribution in [2.75, 3.05) is 4.42 Å². The summed E-state index contributed by atoms with van der Waals surface area (Å²) in [6.07, 6.45) is 14.7. The van der Waals surface area contributed by atoms with Crippen LogP contribution in [0.5, 0.6) is 0 Å². The minimum absolute atomic E-state index is 0.275. The zero-order valence-corrected chi connectivity index (χ0v) is 15.7. The highest BCUT2D eigenvalue weighted by molar-refractivity contribution is 6.26. The van der Waals surface area contributed by atoms with E-state index in [0.717, 1.165) is 12.1 Å². The molecule has 0 saturated carbocycles. The fraction of sp³-hybridized carbons (Fsp3) is 0.700. The Morgan fingerprint density at radius 1 is 0.913 bits per heavy atom. The van der Waals surface area contributed by atoms with E-state index in [1.165, 1.54) is 64.2 Å². The molecule has 2 nitrogen and oxygen atoms in total. The molecule has 1 radical (unpaired) electrons. The van der Waals surface area contributed by atoms with Gasteiger partial charge in [-0.3, -0.25) is 10.2 Å². The van der Waals surface area contributed by atoms with Crippen LogP contribution in [0.15, 0.2) is 24.3 Å². The summed E-state index contributed by atoms with van der Waals surface area (Å²) in [7, 11) is 0. The van der Waals surface area contributed by atoms with Crippen molar-refractivity contribution in [3.05, 3.63) is 24.3 Å². The second-order valence-corrected chi connectivity index (χ2v) is 7.01. The smallest absolute Gasteiger partial charge is 0.0785 e. The largest absolute Gasteiger partial charge is 0.299 e. The number of anilines is 1. The molecule has 0 fully saturated rings. The molecule has 0 saturated heterocycles. The Bertz CT molecular complexity index is 408. The number of nitrogens with one attached hydrogen (secondary N) is 1. The van der Waals surface area contributed by atoms with Crippen LogP contribution in [-0.4, -0.2) is 6.04 Å². The van der Waals surface area contributed by atoms with Gasteiger partial charge in [-0.25, -0.2) is 0 Å². The van der Waals surface area contributed by atoms with Crippen LogP contribution in [0.2, 0.25) is 0 Å². The van der Waals surface area contributed by atoms with Crippen LogP contribution < -0.4 is 10.2 Å². The summed E-state index contributed by atoms with van der Waals surface area (Å²) in [5.74, 6) is 0. The molecule has 3 heteroatoms. The van der Waals surface area contributed by atoms with Gasteiger partial charge >= 0.3 is 0 Å². The highest BCUT2D eigenvalue weighted by atomic mass is 35.5. The first kappa shape index (κ1) is 20.2. The summed E-state index contributed by atoms with van der Waals surface area (Å²) in [6, 6.07) is 7.80. The second-order valence-electron chi connectivity index (χ2n) is 6.65. The summed E-state index contributed by atoms with van der Waals surface area (Å²) in [4.78, 5) is 0. The monoisotopic (exact) mass is 337 g/mol. The van der Waals surface area contributed by atoms with Crippen LogP contribution in [0.3, 0.4) is 0 Å². The molecule has 0 aliphatic heterocycles. The Hall–Kier alpha value is -0.890. The Kier molecular flexibility index (Phi) is 11.0. The van der Waals surface area contributed by atoms with Gasteiger partial charge in [-0.05, 0) is 25.5 Å². The molecule has 1 aromatic carbocycles. The van der Waals surface area contributed by atoms with E-state index in [0.29, 0.717) is 5.69 Å². The second kappa shape index (κ2) is 12.5. The van der Waals surface area contributed by atoms with Crippen LogP contribution in [0.25, 0.3) is 0 Å². The maximum absolute atomic E-state index is 7.92. The van der Waals surface area contributed by atoms with Gasteiger partial charge in [0.15, 0.2) is 0 Å². The zero-order valence-electron chi connectivity index (χ0n) is 15.0. The molecule has 1 atom stereocenters. The first-order valence-electron chi connectivity index (χ1n) is 9.42. The summed E-state index contributed by atoms with van der Waals surface area (Å²) >= 11 is 6.40. The number of halogens is 1. The van der Waals surface area contributed by atoms with E-state index >= 15 is 0 Å². The first-order valence-corrected chi connectivity index (χ1v) is 9.76. The molecule has 0 aromatic heterocycles. The van der Waals surface area contributed by atoms with Gasteiger partial charge in [-0.2, -0.15) is 0 Å². The highest BCUT2D eigenvalue weighted by Gasteiger charge is 2.14. The van der Waals surface area contributed by atoms with Crippen LogP contribution in [-0.2, 0) is 0 Å². The number of para-hydroxylation sites is 1. The van der Waals surface area contributed by atoms with Crippen molar-refractivity contribution in [3.8, 4) is 0 Å². The number of rotatable bonds is 13. The third-order valence-corrected chi connectivity index (χ3v) is 5.01. The Morgan fingerprint density at radius 3 is 2.00 bits per heavy atom. The standard InChI is InChI=1S/C20H34ClN2/c1-3-4-5-6-7-8-9-10-11-12-15-18(2)23(21)20-17-14-13-16-19(20)22/h13-14,16-18,22H,3-12,15H2,1-2H3. The van der Waals surface area contributed by atoms with Gasteiger partial charge in [0.1, 0.15) is 0 Å². The maximum Gasteiger partial charge on any atom is 0.0785 e. The maximum atomic E-state index is 7.92. The fourth-order valence-electron chi connectivity index (χ4n) is 2.94. The SMILES string of the molecule is CCCCCCCCCCCCC(C)N(Cl)c1ccccc1[NH]. The first-order chi connectivity index (χ1) is 11.2. The Morgan fingerprint density at radius 2 is 1.43 bits per heavy atom. The van der Waals surface area contributed by atoms with E-state index in [9.17, 15) is 0 Å². The van der Waals surface area contributed by atoms with Gasteiger partial charge in [0.05, 0.1) is 11.4 Å². The molecule has 0 aliphatic carbocycles. The van der Waals surface area contributed by atoms with Gasteiger partial charge in [-0.1, -0.05) is 83.3 Å². The van der Waals surface area contributed by atoms with Crippen LogP contribution >= 0.6 is 11.8 Å². The summed E-state index contributed by atoms with van der Waals surface area (Å²) in [5, 5.41) is 0.